The molecule has 2 aromatic rings. The summed E-state index contributed by atoms with van der Waals surface area (Å²) in [5.74, 6) is 0.602. The first-order valence-corrected chi connectivity index (χ1v) is 5.70. The van der Waals surface area contributed by atoms with Gasteiger partial charge in [-0.3, -0.25) is 0 Å². The molecular weight excluding hydrogens is 182 g/mol. The number of benzene rings is 1. The highest BCUT2D eigenvalue weighted by Crippen LogP contribution is 2.24. The lowest BCUT2D eigenvalue weighted by Crippen LogP contribution is -1.98. The number of aromatic nitrogens is 1. The smallest absolute Gasteiger partial charge is 0.0485 e. The van der Waals surface area contributed by atoms with E-state index in [0.29, 0.717) is 12.0 Å². The van der Waals surface area contributed by atoms with Gasteiger partial charge in [0.05, 0.1) is 0 Å². The van der Waals surface area contributed by atoms with E-state index in [1.165, 1.54) is 16.5 Å². The minimum absolute atomic E-state index is 0.532. The van der Waals surface area contributed by atoms with E-state index < -0.39 is 0 Å². The summed E-state index contributed by atoms with van der Waals surface area (Å²) in [5, 5.41) is 1.34. The lowest BCUT2D eigenvalue weighted by molar-refractivity contribution is 0.622. The monoisotopic (exact) mass is 201 g/mol. The van der Waals surface area contributed by atoms with Crippen LogP contribution in [0.25, 0.3) is 10.9 Å². The van der Waals surface area contributed by atoms with Crippen LogP contribution in [0.4, 0.5) is 0 Å². The zero-order valence-electron chi connectivity index (χ0n) is 9.99. The van der Waals surface area contributed by atoms with Gasteiger partial charge in [-0.1, -0.05) is 26.0 Å². The molecule has 0 atom stereocenters. The molecule has 0 amide bonds. The fraction of sp³-hybridized carbons (Fsp3) is 0.429. The molecule has 0 saturated carbocycles. The molecule has 1 heterocycles. The second-order valence-corrected chi connectivity index (χ2v) is 4.79. The molecule has 0 bridgehead atoms. The van der Waals surface area contributed by atoms with E-state index in [0.717, 1.165) is 0 Å². The first-order valence-electron chi connectivity index (χ1n) is 5.70. The summed E-state index contributed by atoms with van der Waals surface area (Å²) in [6.45, 7) is 8.93. The van der Waals surface area contributed by atoms with Crippen LogP contribution in [0, 0.1) is 0 Å². The molecule has 2 rings (SSSR count). The molecule has 0 fully saturated rings. The lowest BCUT2D eigenvalue weighted by atomic mass is 10.0. The highest BCUT2D eigenvalue weighted by Gasteiger charge is 2.06. The number of fused-ring (bicyclic) bond motifs is 1. The Kier molecular flexibility index (Phi) is 2.56. The van der Waals surface area contributed by atoms with E-state index in [9.17, 15) is 0 Å². The molecule has 1 aromatic carbocycles. The van der Waals surface area contributed by atoms with E-state index in [1.54, 1.807) is 0 Å². The highest BCUT2D eigenvalue weighted by molar-refractivity contribution is 5.81. The van der Waals surface area contributed by atoms with Crippen LogP contribution in [0.1, 0.15) is 45.2 Å². The molecule has 0 aliphatic heterocycles. The van der Waals surface area contributed by atoms with Crippen LogP contribution in [0.15, 0.2) is 30.5 Å². The van der Waals surface area contributed by atoms with Gasteiger partial charge in [0, 0.05) is 17.8 Å². The quantitative estimate of drug-likeness (QED) is 0.681. The Bertz CT molecular complexity index is 463. The Morgan fingerprint density at radius 2 is 1.73 bits per heavy atom. The van der Waals surface area contributed by atoms with Crippen LogP contribution in [-0.2, 0) is 0 Å². The van der Waals surface area contributed by atoms with Crippen LogP contribution in [0.5, 0.6) is 0 Å². The van der Waals surface area contributed by atoms with Crippen molar-refractivity contribution in [1.29, 1.82) is 0 Å². The third-order valence-electron chi connectivity index (χ3n) is 2.97. The maximum absolute atomic E-state index is 2.33. The Hall–Kier alpha value is -1.24. The predicted molar refractivity (Wildman–Crippen MR) is 66.4 cm³/mol. The molecule has 1 nitrogen and oxygen atoms in total. The Morgan fingerprint density at radius 3 is 2.33 bits per heavy atom. The van der Waals surface area contributed by atoms with Crippen molar-refractivity contribution in [2.45, 2.75) is 39.7 Å². The van der Waals surface area contributed by atoms with Crippen molar-refractivity contribution in [3.63, 3.8) is 0 Å². The average Bonchev–Trinajstić information content (AvgIpc) is 2.59. The molecule has 0 radical (unpaired) electrons. The van der Waals surface area contributed by atoms with Crippen molar-refractivity contribution < 1.29 is 0 Å². The van der Waals surface area contributed by atoms with Gasteiger partial charge in [0.25, 0.3) is 0 Å². The van der Waals surface area contributed by atoms with Crippen LogP contribution in [0.3, 0.4) is 0 Å². The minimum atomic E-state index is 0.532. The summed E-state index contributed by atoms with van der Waals surface area (Å²) in [6.07, 6.45) is 2.18. The van der Waals surface area contributed by atoms with Gasteiger partial charge in [0.1, 0.15) is 0 Å². The summed E-state index contributed by atoms with van der Waals surface area (Å²) >= 11 is 0. The second-order valence-electron chi connectivity index (χ2n) is 4.79. The fourth-order valence-electron chi connectivity index (χ4n) is 1.98. The van der Waals surface area contributed by atoms with Gasteiger partial charge in [0.2, 0.25) is 0 Å². The number of hydrogen-bond donors (Lipinski definition) is 0. The summed E-state index contributed by atoms with van der Waals surface area (Å²) < 4.78 is 2.33. The lowest BCUT2D eigenvalue weighted by Gasteiger charge is -2.11. The van der Waals surface area contributed by atoms with Crippen LogP contribution in [0.2, 0.25) is 0 Å². The van der Waals surface area contributed by atoms with E-state index >= 15 is 0 Å². The van der Waals surface area contributed by atoms with Gasteiger partial charge in [0.15, 0.2) is 0 Å². The molecule has 0 aliphatic rings. The first kappa shape index (κ1) is 10.3. The van der Waals surface area contributed by atoms with Gasteiger partial charge in [-0.15, -0.1) is 0 Å². The molecule has 0 unspecified atom stereocenters. The highest BCUT2D eigenvalue weighted by atomic mass is 15.0. The molecular formula is C14H19N. The Balaban J connectivity index is 2.61. The fourth-order valence-corrected chi connectivity index (χ4v) is 1.98. The standard InChI is InChI=1S/C14H19N/c1-10(2)13-6-5-12-7-8-15(11(3)4)14(12)9-13/h5-11H,1-4H3. The Morgan fingerprint density at radius 1 is 1.00 bits per heavy atom. The van der Waals surface area contributed by atoms with E-state index in [-0.39, 0.29) is 0 Å². The maximum atomic E-state index is 2.33. The topological polar surface area (TPSA) is 4.93 Å². The van der Waals surface area contributed by atoms with Gasteiger partial charge in [-0.25, -0.2) is 0 Å². The maximum Gasteiger partial charge on any atom is 0.0485 e. The number of nitrogens with zero attached hydrogens (tertiary/aromatic N) is 1. The van der Waals surface area contributed by atoms with Crippen molar-refractivity contribution in [2.75, 3.05) is 0 Å². The zero-order valence-corrected chi connectivity index (χ0v) is 9.99. The summed E-state index contributed by atoms with van der Waals surface area (Å²) in [6, 6.07) is 9.51. The van der Waals surface area contributed by atoms with E-state index in [2.05, 4.69) is 62.7 Å². The van der Waals surface area contributed by atoms with Crippen molar-refractivity contribution >= 4 is 10.9 Å². The van der Waals surface area contributed by atoms with Crippen LogP contribution < -0.4 is 0 Å². The molecule has 1 aromatic heterocycles. The third kappa shape index (κ3) is 1.79. The van der Waals surface area contributed by atoms with Crippen LogP contribution in [-0.4, -0.2) is 4.57 Å². The molecule has 15 heavy (non-hydrogen) atoms. The second kappa shape index (κ2) is 3.73. The number of rotatable bonds is 2. The van der Waals surface area contributed by atoms with Crippen molar-refractivity contribution in [1.82, 2.24) is 4.57 Å². The van der Waals surface area contributed by atoms with E-state index in [1.807, 2.05) is 0 Å². The van der Waals surface area contributed by atoms with Crippen molar-refractivity contribution in [3.05, 3.63) is 36.0 Å². The van der Waals surface area contributed by atoms with Gasteiger partial charge in [-0.2, -0.15) is 0 Å². The molecule has 0 aliphatic carbocycles. The third-order valence-corrected chi connectivity index (χ3v) is 2.97. The normalized spacial score (nSPS) is 11.9. The first-order chi connectivity index (χ1) is 7.09. The summed E-state index contributed by atoms with van der Waals surface area (Å²) in [5.41, 5.74) is 2.78. The largest absolute Gasteiger partial charge is 0.345 e. The molecule has 0 spiro atoms. The molecule has 80 valence electrons. The van der Waals surface area contributed by atoms with Crippen molar-refractivity contribution in [3.8, 4) is 0 Å². The SMILES string of the molecule is CC(C)c1ccc2ccn(C(C)C)c2c1. The number of hydrogen-bond acceptors (Lipinski definition) is 0. The van der Waals surface area contributed by atoms with Gasteiger partial charge >= 0.3 is 0 Å². The van der Waals surface area contributed by atoms with Crippen LogP contribution >= 0.6 is 0 Å². The van der Waals surface area contributed by atoms with E-state index in [4.69, 9.17) is 0 Å². The van der Waals surface area contributed by atoms with Crippen molar-refractivity contribution in [2.24, 2.45) is 0 Å². The predicted octanol–water partition coefficient (Wildman–Crippen LogP) is 4.35. The van der Waals surface area contributed by atoms with Gasteiger partial charge < -0.3 is 4.57 Å². The molecule has 0 N–H and O–H groups in total. The summed E-state index contributed by atoms with van der Waals surface area (Å²) in [4.78, 5) is 0. The molecule has 1 heteroatoms. The molecule has 0 saturated heterocycles. The Labute approximate surface area is 91.7 Å². The van der Waals surface area contributed by atoms with Gasteiger partial charge in [-0.05, 0) is 42.8 Å². The average molecular weight is 201 g/mol. The minimum Gasteiger partial charge on any atom is -0.345 e. The summed E-state index contributed by atoms with van der Waals surface area (Å²) in [7, 11) is 0. The zero-order chi connectivity index (χ0) is 11.0.